The molecule has 0 atom stereocenters. The monoisotopic (exact) mass is 305 g/mol. The predicted molar refractivity (Wildman–Crippen MR) is 81.4 cm³/mol. The van der Waals surface area contributed by atoms with Crippen LogP contribution in [0.5, 0.6) is 0 Å². The molecule has 0 aliphatic rings. The van der Waals surface area contributed by atoms with E-state index in [1.165, 1.54) is 9.47 Å². The van der Waals surface area contributed by atoms with Gasteiger partial charge < -0.3 is 14.6 Å². The van der Waals surface area contributed by atoms with Crippen LogP contribution in [0, 0.1) is 0 Å². The molecule has 0 saturated heterocycles. The number of hydrogen-bond acceptors (Lipinski definition) is 4. The third-order valence-corrected chi connectivity index (χ3v) is 3.29. The Morgan fingerprint density at radius 2 is 2.00 bits per heavy atom. The van der Waals surface area contributed by atoms with Crippen molar-refractivity contribution < 1.29 is 14.0 Å². The van der Waals surface area contributed by atoms with Gasteiger partial charge in [0.05, 0.1) is 12.1 Å². The van der Waals surface area contributed by atoms with Gasteiger partial charge in [0.2, 0.25) is 11.8 Å². The minimum Gasteiger partial charge on any atom is -0.408 e. The fraction of sp³-hybridized carbons (Fsp3) is 0.400. The Balaban J connectivity index is 1.85. The highest BCUT2D eigenvalue weighted by molar-refractivity contribution is 5.84. The van der Waals surface area contributed by atoms with Gasteiger partial charge in [-0.15, -0.1) is 0 Å². The van der Waals surface area contributed by atoms with Gasteiger partial charge in [-0.3, -0.25) is 14.2 Å². The molecule has 0 unspecified atom stereocenters. The molecule has 0 aliphatic heterocycles. The number of nitrogens with one attached hydrogen (secondary N) is 1. The van der Waals surface area contributed by atoms with Gasteiger partial charge in [0.1, 0.15) is 0 Å². The van der Waals surface area contributed by atoms with E-state index >= 15 is 0 Å². The van der Waals surface area contributed by atoms with Crippen LogP contribution in [0.25, 0.3) is 11.1 Å². The molecule has 0 bridgehead atoms. The summed E-state index contributed by atoms with van der Waals surface area (Å²) in [5, 5.41) is 2.55. The number of aromatic nitrogens is 1. The van der Waals surface area contributed by atoms with Gasteiger partial charge >= 0.3 is 5.76 Å². The number of nitrogens with zero attached hydrogens (tertiary/aromatic N) is 2. The number of benzene rings is 1. The molecule has 0 saturated carbocycles. The Hall–Kier alpha value is -2.57. The molecule has 2 amide bonds. The van der Waals surface area contributed by atoms with Gasteiger partial charge in [-0.1, -0.05) is 12.1 Å². The number of aryl methyl sites for hydroxylation is 1. The van der Waals surface area contributed by atoms with Crippen molar-refractivity contribution in [1.29, 1.82) is 0 Å². The first-order valence-electron chi connectivity index (χ1n) is 7.04. The Morgan fingerprint density at radius 3 is 2.73 bits per heavy atom. The first-order chi connectivity index (χ1) is 10.5. The van der Waals surface area contributed by atoms with E-state index in [0.29, 0.717) is 18.5 Å². The number of oxazole rings is 1. The Morgan fingerprint density at radius 1 is 1.27 bits per heavy atom. The Labute approximate surface area is 127 Å². The topological polar surface area (TPSA) is 84.5 Å². The highest BCUT2D eigenvalue weighted by Gasteiger charge is 2.10. The Bertz CT molecular complexity index is 730. The number of para-hydroxylation sites is 2. The van der Waals surface area contributed by atoms with Gasteiger partial charge in [0.15, 0.2) is 5.58 Å². The third kappa shape index (κ3) is 3.75. The number of rotatable bonds is 6. The SMILES string of the molecule is CN(C)C(=O)CNC(=O)CCCn1c(=O)oc2ccccc21. The highest BCUT2D eigenvalue weighted by atomic mass is 16.4. The van der Waals surface area contributed by atoms with Gasteiger partial charge in [0, 0.05) is 27.1 Å². The van der Waals surface area contributed by atoms with E-state index in [1.54, 1.807) is 32.3 Å². The van der Waals surface area contributed by atoms with Crippen LogP contribution in [0.2, 0.25) is 0 Å². The van der Waals surface area contributed by atoms with Gasteiger partial charge in [0.25, 0.3) is 0 Å². The van der Waals surface area contributed by atoms with Crippen molar-refractivity contribution >= 4 is 22.9 Å². The van der Waals surface area contributed by atoms with E-state index in [-0.39, 0.29) is 24.8 Å². The quantitative estimate of drug-likeness (QED) is 0.846. The van der Waals surface area contributed by atoms with E-state index in [4.69, 9.17) is 4.42 Å². The number of fused-ring (bicyclic) bond motifs is 1. The summed E-state index contributed by atoms with van der Waals surface area (Å²) >= 11 is 0. The summed E-state index contributed by atoms with van der Waals surface area (Å²) in [5.74, 6) is -0.800. The van der Waals surface area contributed by atoms with Crippen LogP contribution < -0.4 is 11.1 Å². The van der Waals surface area contributed by atoms with Crippen LogP contribution in [0.15, 0.2) is 33.5 Å². The molecule has 1 aromatic carbocycles. The molecule has 0 radical (unpaired) electrons. The lowest BCUT2D eigenvalue weighted by Gasteiger charge is -2.10. The van der Waals surface area contributed by atoms with E-state index < -0.39 is 5.76 Å². The molecule has 7 heteroatoms. The minimum absolute atomic E-state index is 0.0135. The van der Waals surface area contributed by atoms with Crippen LogP contribution >= 0.6 is 0 Å². The zero-order valence-electron chi connectivity index (χ0n) is 12.7. The van der Waals surface area contributed by atoms with Crippen molar-refractivity contribution in [2.24, 2.45) is 0 Å². The fourth-order valence-electron chi connectivity index (χ4n) is 2.04. The van der Waals surface area contributed by atoms with E-state index in [1.807, 2.05) is 6.07 Å². The van der Waals surface area contributed by atoms with Crippen LogP contribution in [0.4, 0.5) is 0 Å². The first kappa shape index (κ1) is 15.8. The zero-order valence-corrected chi connectivity index (χ0v) is 12.7. The van der Waals surface area contributed by atoms with Crippen molar-refractivity contribution in [3.63, 3.8) is 0 Å². The molecule has 22 heavy (non-hydrogen) atoms. The largest absolute Gasteiger partial charge is 0.419 e. The maximum absolute atomic E-state index is 11.7. The first-order valence-corrected chi connectivity index (χ1v) is 7.04. The lowest BCUT2D eigenvalue weighted by atomic mass is 10.2. The van der Waals surface area contributed by atoms with Crippen LogP contribution in [0.1, 0.15) is 12.8 Å². The van der Waals surface area contributed by atoms with E-state index in [0.717, 1.165) is 5.52 Å². The summed E-state index contributed by atoms with van der Waals surface area (Å²) in [6.07, 6.45) is 0.734. The molecule has 118 valence electrons. The van der Waals surface area contributed by atoms with Crippen LogP contribution in [0.3, 0.4) is 0 Å². The lowest BCUT2D eigenvalue weighted by molar-refractivity contribution is -0.130. The number of carbonyl (C=O) groups is 2. The number of likely N-dealkylation sites (N-methyl/N-ethyl adjacent to an activating group) is 1. The van der Waals surface area contributed by atoms with Crippen molar-refractivity contribution in [1.82, 2.24) is 14.8 Å². The van der Waals surface area contributed by atoms with Crippen LogP contribution in [-0.2, 0) is 16.1 Å². The second kappa shape index (κ2) is 6.93. The minimum atomic E-state index is -0.426. The summed E-state index contributed by atoms with van der Waals surface area (Å²) in [5.41, 5.74) is 1.25. The van der Waals surface area contributed by atoms with Crippen molar-refractivity contribution in [2.45, 2.75) is 19.4 Å². The number of carbonyl (C=O) groups excluding carboxylic acids is 2. The molecular formula is C15H19N3O4. The molecule has 0 aliphatic carbocycles. The van der Waals surface area contributed by atoms with Gasteiger partial charge in [-0.2, -0.15) is 0 Å². The molecule has 2 rings (SSSR count). The molecule has 7 nitrogen and oxygen atoms in total. The average molecular weight is 305 g/mol. The molecule has 0 fully saturated rings. The molecule has 1 heterocycles. The van der Waals surface area contributed by atoms with Gasteiger partial charge in [-0.05, 0) is 18.6 Å². The summed E-state index contributed by atoms with van der Waals surface area (Å²) < 4.78 is 6.63. The van der Waals surface area contributed by atoms with Crippen LogP contribution in [-0.4, -0.2) is 41.9 Å². The predicted octanol–water partition coefficient (Wildman–Crippen LogP) is 0.579. The Kier molecular flexibility index (Phi) is 4.98. The smallest absolute Gasteiger partial charge is 0.408 e. The van der Waals surface area contributed by atoms with Crippen molar-refractivity contribution in [2.75, 3.05) is 20.6 Å². The average Bonchev–Trinajstić information content (AvgIpc) is 2.80. The molecule has 0 spiro atoms. The maximum atomic E-state index is 11.7. The summed E-state index contributed by atoms with van der Waals surface area (Å²) in [4.78, 5) is 36.2. The zero-order chi connectivity index (χ0) is 16.1. The van der Waals surface area contributed by atoms with Gasteiger partial charge in [-0.25, -0.2) is 4.79 Å². The number of hydrogen-bond donors (Lipinski definition) is 1. The van der Waals surface area contributed by atoms with Crippen molar-refractivity contribution in [3.8, 4) is 0 Å². The second-order valence-electron chi connectivity index (χ2n) is 5.16. The second-order valence-corrected chi connectivity index (χ2v) is 5.16. The molecule has 1 N–H and O–H groups in total. The number of amides is 2. The standard InChI is InChI=1S/C15H19N3O4/c1-17(2)14(20)10-16-13(19)8-5-9-18-11-6-3-4-7-12(11)22-15(18)21/h3-4,6-7H,5,8-10H2,1-2H3,(H,16,19). The highest BCUT2D eigenvalue weighted by Crippen LogP contribution is 2.12. The fourth-order valence-corrected chi connectivity index (χ4v) is 2.04. The molecule has 1 aromatic heterocycles. The summed E-state index contributed by atoms with van der Waals surface area (Å²) in [6, 6.07) is 7.15. The maximum Gasteiger partial charge on any atom is 0.419 e. The van der Waals surface area contributed by atoms with E-state index in [9.17, 15) is 14.4 Å². The van der Waals surface area contributed by atoms with Crippen molar-refractivity contribution in [3.05, 3.63) is 34.8 Å². The normalized spacial score (nSPS) is 10.6. The van der Waals surface area contributed by atoms with E-state index in [2.05, 4.69) is 5.32 Å². The lowest BCUT2D eigenvalue weighted by Crippen LogP contribution is -2.36. The third-order valence-electron chi connectivity index (χ3n) is 3.29. The molecule has 2 aromatic rings. The molecular weight excluding hydrogens is 286 g/mol. The summed E-state index contributed by atoms with van der Waals surface area (Å²) in [7, 11) is 3.26. The summed E-state index contributed by atoms with van der Waals surface area (Å²) in [6.45, 7) is 0.380.